The number of anilines is 1. The lowest BCUT2D eigenvalue weighted by Crippen LogP contribution is -2.14. The zero-order valence-corrected chi connectivity index (χ0v) is 12.8. The Morgan fingerprint density at radius 1 is 1.10 bits per heavy atom. The topological polar surface area (TPSA) is 32.3 Å². The molecule has 0 amide bonds. The van der Waals surface area contributed by atoms with Crippen molar-refractivity contribution >= 4 is 17.3 Å². The number of hydrogen-bond donors (Lipinski definition) is 2. The van der Waals surface area contributed by atoms with Crippen molar-refractivity contribution in [1.29, 1.82) is 0 Å². The Bertz CT molecular complexity index is 602. The van der Waals surface area contributed by atoms with Crippen LogP contribution in [-0.2, 0) is 12.0 Å². The largest absolute Gasteiger partial charge is 0.506 e. The minimum absolute atomic E-state index is 0.0934. The van der Waals surface area contributed by atoms with Crippen LogP contribution in [0.15, 0.2) is 42.5 Å². The summed E-state index contributed by atoms with van der Waals surface area (Å²) in [6.07, 6.45) is 0. The number of phenols is 1. The molecular formula is C17H20ClNO. The van der Waals surface area contributed by atoms with E-state index in [4.69, 9.17) is 11.6 Å². The van der Waals surface area contributed by atoms with Crippen LogP contribution in [0.5, 0.6) is 5.75 Å². The molecule has 0 radical (unpaired) electrons. The third kappa shape index (κ3) is 3.45. The Kier molecular flexibility index (Phi) is 4.24. The molecule has 2 N–H and O–H groups in total. The van der Waals surface area contributed by atoms with Crippen LogP contribution in [0.25, 0.3) is 0 Å². The van der Waals surface area contributed by atoms with E-state index in [2.05, 4.69) is 44.3 Å². The lowest BCUT2D eigenvalue weighted by atomic mass is 9.86. The fourth-order valence-corrected chi connectivity index (χ4v) is 2.35. The highest BCUT2D eigenvalue weighted by Gasteiger charge is 2.17. The zero-order chi connectivity index (χ0) is 14.8. The van der Waals surface area contributed by atoms with Gasteiger partial charge in [-0.05, 0) is 34.7 Å². The van der Waals surface area contributed by atoms with Crippen LogP contribution in [0.4, 0.5) is 5.69 Å². The average Bonchev–Trinajstić information content (AvgIpc) is 2.39. The maximum atomic E-state index is 9.43. The molecule has 0 heterocycles. The molecule has 0 unspecified atom stereocenters. The minimum atomic E-state index is 0.0934. The van der Waals surface area contributed by atoms with Gasteiger partial charge in [0, 0.05) is 12.2 Å². The second kappa shape index (κ2) is 5.76. The van der Waals surface area contributed by atoms with E-state index in [0.717, 1.165) is 11.3 Å². The Labute approximate surface area is 125 Å². The van der Waals surface area contributed by atoms with Crippen molar-refractivity contribution in [2.24, 2.45) is 0 Å². The Morgan fingerprint density at radius 2 is 1.80 bits per heavy atom. The summed E-state index contributed by atoms with van der Waals surface area (Å²) < 4.78 is 0. The third-order valence-corrected chi connectivity index (χ3v) is 3.53. The standard InChI is InChI=1S/C17H20ClNO/c1-17(2,3)13-6-4-5-7-15(13)19-11-12-8-9-16(20)14(18)10-12/h4-10,19-20H,11H2,1-3H3. The van der Waals surface area contributed by atoms with Gasteiger partial charge >= 0.3 is 0 Å². The molecule has 0 aliphatic carbocycles. The number of phenolic OH excluding ortho intramolecular Hbond substituents is 1. The van der Waals surface area contributed by atoms with E-state index >= 15 is 0 Å². The van der Waals surface area contributed by atoms with E-state index in [1.54, 1.807) is 12.1 Å². The molecule has 0 aliphatic rings. The molecule has 20 heavy (non-hydrogen) atoms. The molecule has 2 nitrogen and oxygen atoms in total. The van der Waals surface area contributed by atoms with Crippen LogP contribution in [0.3, 0.4) is 0 Å². The Hall–Kier alpha value is -1.67. The van der Waals surface area contributed by atoms with Crippen LogP contribution in [0.1, 0.15) is 31.9 Å². The zero-order valence-electron chi connectivity index (χ0n) is 12.1. The van der Waals surface area contributed by atoms with Crippen molar-refractivity contribution in [1.82, 2.24) is 0 Å². The highest BCUT2D eigenvalue weighted by atomic mass is 35.5. The molecule has 0 atom stereocenters. The van der Waals surface area contributed by atoms with Crippen LogP contribution in [0, 0.1) is 0 Å². The molecule has 0 aromatic heterocycles. The summed E-state index contributed by atoms with van der Waals surface area (Å²) >= 11 is 5.92. The lowest BCUT2D eigenvalue weighted by molar-refractivity contribution is 0.475. The normalized spacial score (nSPS) is 11.4. The number of para-hydroxylation sites is 1. The van der Waals surface area contributed by atoms with Gasteiger partial charge in [0.15, 0.2) is 0 Å². The predicted molar refractivity (Wildman–Crippen MR) is 85.6 cm³/mol. The molecule has 0 saturated heterocycles. The first-order valence-electron chi connectivity index (χ1n) is 6.69. The summed E-state index contributed by atoms with van der Waals surface area (Å²) in [4.78, 5) is 0. The van der Waals surface area contributed by atoms with Gasteiger partial charge in [0.05, 0.1) is 5.02 Å². The molecule has 3 heteroatoms. The Balaban J connectivity index is 2.17. The van der Waals surface area contributed by atoms with E-state index < -0.39 is 0 Å². The van der Waals surface area contributed by atoms with Gasteiger partial charge < -0.3 is 10.4 Å². The first kappa shape index (κ1) is 14.7. The van der Waals surface area contributed by atoms with Crippen molar-refractivity contribution in [3.8, 4) is 5.75 Å². The molecule has 0 spiro atoms. The van der Waals surface area contributed by atoms with Gasteiger partial charge in [-0.1, -0.05) is 56.6 Å². The number of halogens is 1. The second-order valence-electron chi connectivity index (χ2n) is 5.93. The highest BCUT2D eigenvalue weighted by Crippen LogP contribution is 2.30. The number of aromatic hydroxyl groups is 1. The van der Waals surface area contributed by atoms with Crippen molar-refractivity contribution in [3.05, 3.63) is 58.6 Å². The van der Waals surface area contributed by atoms with Crippen molar-refractivity contribution in [2.45, 2.75) is 32.7 Å². The second-order valence-corrected chi connectivity index (χ2v) is 6.34. The Morgan fingerprint density at radius 3 is 2.45 bits per heavy atom. The predicted octanol–water partition coefficient (Wildman–Crippen LogP) is 4.96. The fraction of sp³-hybridized carbons (Fsp3) is 0.294. The van der Waals surface area contributed by atoms with Crippen LogP contribution < -0.4 is 5.32 Å². The van der Waals surface area contributed by atoms with Gasteiger partial charge in [-0.3, -0.25) is 0 Å². The van der Waals surface area contributed by atoms with E-state index in [9.17, 15) is 5.11 Å². The van der Waals surface area contributed by atoms with Gasteiger partial charge in [0.25, 0.3) is 0 Å². The quantitative estimate of drug-likeness (QED) is 0.837. The summed E-state index contributed by atoms with van der Waals surface area (Å²) in [6.45, 7) is 7.27. The molecule has 0 aliphatic heterocycles. The van der Waals surface area contributed by atoms with Gasteiger partial charge in [-0.25, -0.2) is 0 Å². The number of benzene rings is 2. The maximum absolute atomic E-state index is 9.43. The molecule has 106 valence electrons. The van der Waals surface area contributed by atoms with Crippen molar-refractivity contribution in [3.63, 3.8) is 0 Å². The van der Waals surface area contributed by atoms with Gasteiger partial charge in [0.1, 0.15) is 5.75 Å². The molecular weight excluding hydrogens is 270 g/mol. The molecule has 2 aromatic carbocycles. The summed E-state index contributed by atoms with van der Waals surface area (Å²) in [7, 11) is 0. The molecule has 0 saturated carbocycles. The van der Waals surface area contributed by atoms with E-state index in [0.29, 0.717) is 11.6 Å². The molecule has 2 aromatic rings. The first-order chi connectivity index (χ1) is 9.38. The van der Waals surface area contributed by atoms with Crippen LogP contribution >= 0.6 is 11.6 Å². The third-order valence-electron chi connectivity index (χ3n) is 3.23. The summed E-state index contributed by atoms with van der Waals surface area (Å²) in [6, 6.07) is 13.6. The molecule has 0 fully saturated rings. The minimum Gasteiger partial charge on any atom is -0.506 e. The molecule has 2 rings (SSSR count). The van der Waals surface area contributed by atoms with Gasteiger partial charge in [-0.15, -0.1) is 0 Å². The number of rotatable bonds is 3. The fourth-order valence-electron chi connectivity index (χ4n) is 2.15. The van der Waals surface area contributed by atoms with Crippen LogP contribution in [0.2, 0.25) is 5.02 Å². The van der Waals surface area contributed by atoms with Crippen molar-refractivity contribution in [2.75, 3.05) is 5.32 Å². The summed E-state index contributed by atoms with van der Waals surface area (Å²) in [5.74, 6) is 0.116. The lowest BCUT2D eigenvalue weighted by Gasteiger charge is -2.23. The monoisotopic (exact) mass is 289 g/mol. The summed E-state index contributed by atoms with van der Waals surface area (Å²) in [5, 5.41) is 13.3. The molecule has 0 bridgehead atoms. The average molecular weight is 290 g/mol. The highest BCUT2D eigenvalue weighted by molar-refractivity contribution is 6.32. The van der Waals surface area contributed by atoms with Crippen LogP contribution in [-0.4, -0.2) is 5.11 Å². The van der Waals surface area contributed by atoms with Gasteiger partial charge in [-0.2, -0.15) is 0 Å². The summed E-state index contributed by atoms with van der Waals surface area (Å²) in [5.41, 5.74) is 3.54. The van der Waals surface area contributed by atoms with E-state index in [1.807, 2.05) is 12.1 Å². The smallest absolute Gasteiger partial charge is 0.134 e. The number of hydrogen-bond acceptors (Lipinski definition) is 2. The number of nitrogens with one attached hydrogen (secondary N) is 1. The SMILES string of the molecule is CC(C)(C)c1ccccc1NCc1ccc(O)c(Cl)c1. The van der Waals surface area contributed by atoms with E-state index in [1.165, 1.54) is 5.56 Å². The van der Waals surface area contributed by atoms with E-state index in [-0.39, 0.29) is 11.2 Å². The van der Waals surface area contributed by atoms with Gasteiger partial charge in [0.2, 0.25) is 0 Å². The first-order valence-corrected chi connectivity index (χ1v) is 7.06. The maximum Gasteiger partial charge on any atom is 0.134 e. The van der Waals surface area contributed by atoms with Crippen molar-refractivity contribution < 1.29 is 5.11 Å².